The van der Waals surface area contributed by atoms with Crippen molar-refractivity contribution < 1.29 is 13.5 Å². The van der Waals surface area contributed by atoms with Gasteiger partial charge in [0.1, 0.15) is 11.6 Å². The lowest BCUT2D eigenvalue weighted by Gasteiger charge is -2.19. The molecule has 0 bridgehead atoms. The number of nitrogens with zero attached hydrogens (tertiary/aromatic N) is 3. The van der Waals surface area contributed by atoms with E-state index in [0.717, 1.165) is 67.4 Å². The number of aromatic nitrogens is 2. The van der Waals surface area contributed by atoms with Gasteiger partial charge >= 0.3 is 0 Å². The lowest BCUT2D eigenvalue weighted by molar-refractivity contribution is 0.267. The molecule has 0 amide bonds. The van der Waals surface area contributed by atoms with Crippen LogP contribution in [0.25, 0.3) is 22.0 Å². The number of halogens is 2. The average molecular weight is 554 g/mol. The normalized spacial score (nSPS) is 15.0. The van der Waals surface area contributed by atoms with Gasteiger partial charge in [-0.15, -0.1) is 0 Å². The van der Waals surface area contributed by atoms with Crippen molar-refractivity contribution in [3.05, 3.63) is 76.3 Å². The Morgan fingerprint density at radius 3 is 2.62 bits per heavy atom. The molecule has 0 saturated carbocycles. The third-order valence-corrected chi connectivity index (χ3v) is 7.61. The maximum absolute atomic E-state index is 14.5. The van der Waals surface area contributed by atoms with E-state index in [1.807, 2.05) is 25.1 Å². The third-order valence-electron chi connectivity index (χ3n) is 6.94. The average Bonchev–Trinajstić information content (AvgIpc) is 3.23. The van der Waals surface area contributed by atoms with Gasteiger partial charge in [0.2, 0.25) is 0 Å². The minimum atomic E-state index is -0.791. The van der Waals surface area contributed by atoms with E-state index in [4.69, 9.17) is 4.74 Å². The van der Waals surface area contributed by atoms with Gasteiger partial charge < -0.3 is 23.9 Å². The number of rotatable bonds is 8. The Bertz CT molecular complexity index is 1540. The highest BCUT2D eigenvalue weighted by molar-refractivity contribution is 8.00. The number of fused-ring (bicyclic) bond motifs is 1. The van der Waals surface area contributed by atoms with Gasteiger partial charge in [-0.3, -0.25) is 9.69 Å². The standard InChI is InChI=1S/C29H33F2N5O2S/c1-4-39-33-20-7-9-26(38-27-8-6-19(30)14-25(27)31)22(15-20)24-18-35(3)29(37)23-16-21(32-28(23)24)17-36-11-5-10-34(2)12-13-36/h6-9,14-16,18,32-33H,4-5,10-13,17H2,1-3H3. The first-order valence-electron chi connectivity index (χ1n) is 13.1. The van der Waals surface area contributed by atoms with Gasteiger partial charge in [0, 0.05) is 67.2 Å². The number of likely N-dealkylation sites (N-methyl/N-ethyl adjacent to an activating group) is 1. The number of hydrogen-bond donors (Lipinski definition) is 2. The zero-order chi connectivity index (χ0) is 27.5. The molecular weight excluding hydrogens is 520 g/mol. The van der Waals surface area contributed by atoms with E-state index in [-0.39, 0.29) is 11.3 Å². The molecule has 0 radical (unpaired) electrons. The Hall–Kier alpha value is -3.34. The van der Waals surface area contributed by atoms with E-state index in [1.165, 1.54) is 6.07 Å². The number of anilines is 1. The summed E-state index contributed by atoms with van der Waals surface area (Å²) in [6.45, 7) is 6.79. The molecule has 7 nitrogen and oxygen atoms in total. The molecule has 1 fully saturated rings. The number of aryl methyl sites for hydroxylation is 1. The summed E-state index contributed by atoms with van der Waals surface area (Å²) in [6, 6.07) is 10.7. The van der Waals surface area contributed by atoms with E-state index in [0.29, 0.717) is 28.8 Å². The maximum Gasteiger partial charge on any atom is 0.259 e. The molecule has 0 atom stereocenters. The van der Waals surface area contributed by atoms with E-state index in [1.54, 1.807) is 35.8 Å². The molecule has 2 aromatic carbocycles. The Kier molecular flexibility index (Phi) is 8.25. The predicted molar refractivity (Wildman–Crippen MR) is 155 cm³/mol. The Morgan fingerprint density at radius 2 is 1.82 bits per heavy atom. The molecule has 0 unspecified atom stereocenters. The highest BCUT2D eigenvalue weighted by Crippen LogP contribution is 2.39. The zero-order valence-electron chi connectivity index (χ0n) is 22.4. The lowest BCUT2D eigenvalue weighted by atomic mass is 10.0. The number of hydrogen-bond acceptors (Lipinski definition) is 6. The lowest BCUT2D eigenvalue weighted by Crippen LogP contribution is -2.28. The predicted octanol–water partition coefficient (Wildman–Crippen LogP) is 5.82. The van der Waals surface area contributed by atoms with Crippen LogP contribution >= 0.6 is 11.9 Å². The Morgan fingerprint density at radius 1 is 1.00 bits per heavy atom. The summed E-state index contributed by atoms with van der Waals surface area (Å²) in [5, 5.41) is 0.581. The summed E-state index contributed by atoms with van der Waals surface area (Å²) in [4.78, 5) is 21.4. The molecule has 206 valence electrons. The molecule has 4 aromatic rings. The number of ether oxygens (including phenoxy) is 1. The van der Waals surface area contributed by atoms with Crippen LogP contribution in [-0.2, 0) is 13.6 Å². The summed E-state index contributed by atoms with van der Waals surface area (Å²) in [5.41, 5.74) is 3.81. The van der Waals surface area contributed by atoms with Crippen molar-refractivity contribution in [1.82, 2.24) is 19.4 Å². The largest absolute Gasteiger partial charge is 0.454 e. The van der Waals surface area contributed by atoms with Gasteiger partial charge in [-0.05, 0) is 63.0 Å². The molecule has 1 aliphatic rings. The fraction of sp³-hybridized carbons (Fsp3) is 0.345. The number of aromatic amines is 1. The van der Waals surface area contributed by atoms with Crippen molar-refractivity contribution >= 4 is 28.5 Å². The summed E-state index contributed by atoms with van der Waals surface area (Å²) in [6.07, 6.45) is 2.87. The van der Waals surface area contributed by atoms with E-state index >= 15 is 0 Å². The van der Waals surface area contributed by atoms with Gasteiger partial charge in [-0.1, -0.05) is 18.9 Å². The van der Waals surface area contributed by atoms with Crippen molar-refractivity contribution in [2.24, 2.45) is 7.05 Å². The summed E-state index contributed by atoms with van der Waals surface area (Å²) in [7, 11) is 3.86. The second-order valence-electron chi connectivity index (χ2n) is 9.90. The number of nitrogens with one attached hydrogen (secondary N) is 2. The van der Waals surface area contributed by atoms with Gasteiger partial charge in [-0.25, -0.2) is 8.78 Å². The Labute approximate surface area is 230 Å². The minimum absolute atomic E-state index is 0.0827. The van der Waals surface area contributed by atoms with Crippen LogP contribution in [0.15, 0.2) is 53.5 Å². The van der Waals surface area contributed by atoms with E-state index in [2.05, 4.69) is 26.6 Å². The van der Waals surface area contributed by atoms with Crippen molar-refractivity contribution in [3.63, 3.8) is 0 Å². The van der Waals surface area contributed by atoms with Crippen LogP contribution < -0.4 is 15.0 Å². The molecule has 2 aromatic heterocycles. The summed E-state index contributed by atoms with van der Waals surface area (Å²) in [5.74, 6) is -0.295. The van der Waals surface area contributed by atoms with Crippen molar-refractivity contribution in [3.8, 4) is 22.6 Å². The monoisotopic (exact) mass is 553 g/mol. The van der Waals surface area contributed by atoms with Crippen LogP contribution in [0.5, 0.6) is 11.5 Å². The molecule has 2 N–H and O–H groups in total. The van der Waals surface area contributed by atoms with Crippen LogP contribution in [0.1, 0.15) is 19.0 Å². The minimum Gasteiger partial charge on any atom is -0.454 e. The highest BCUT2D eigenvalue weighted by Gasteiger charge is 2.20. The second-order valence-corrected chi connectivity index (χ2v) is 11.0. The first kappa shape index (κ1) is 27.2. The molecule has 3 heterocycles. The molecular formula is C29H33F2N5O2S. The van der Waals surface area contributed by atoms with Crippen LogP contribution in [0, 0.1) is 11.6 Å². The third kappa shape index (κ3) is 6.13. The quantitative estimate of drug-likeness (QED) is 0.268. The van der Waals surface area contributed by atoms with Crippen LogP contribution in [0.3, 0.4) is 0 Å². The summed E-state index contributed by atoms with van der Waals surface area (Å²) >= 11 is 1.55. The first-order valence-corrected chi connectivity index (χ1v) is 14.1. The van der Waals surface area contributed by atoms with Gasteiger partial charge in [0.25, 0.3) is 5.56 Å². The summed E-state index contributed by atoms with van der Waals surface area (Å²) < 4.78 is 38.9. The first-order chi connectivity index (χ1) is 18.8. The van der Waals surface area contributed by atoms with Crippen LogP contribution in [-0.4, -0.2) is 58.3 Å². The van der Waals surface area contributed by atoms with Crippen LogP contribution in [0.2, 0.25) is 0 Å². The molecule has 10 heteroatoms. The van der Waals surface area contributed by atoms with Crippen molar-refractivity contribution in [2.75, 3.05) is 43.7 Å². The fourth-order valence-corrected chi connectivity index (χ4v) is 5.35. The van der Waals surface area contributed by atoms with Crippen LogP contribution in [0.4, 0.5) is 14.5 Å². The smallest absolute Gasteiger partial charge is 0.259 e. The molecule has 5 rings (SSSR count). The SMILES string of the molecule is CCSNc1ccc(Oc2ccc(F)cc2F)c(-c2cn(C)c(=O)c3cc(CN4CCCN(C)CC4)[nH]c23)c1. The molecule has 0 aliphatic carbocycles. The number of pyridine rings is 1. The Balaban J connectivity index is 1.59. The number of benzene rings is 2. The maximum atomic E-state index is 14.5. The number of H-pyrrole nitrogens is 1. The molecule has 1 saturated heterocycles. The molecule has 39 heavy (non-hydrogen) atoms. The van der Waals surface area contributed by atoms with Gasteiger partial charge in [-0.2, -0.15) is 0 Å². The zero-order valence-corrected chi connectivity index (χ0v) is 23.2. The second kappa shape index (κ2) is 11.8. The van der Waals surface area contributed by atoms with E-state index < -0.39 is 11.6 Å². The fourth-order valence-electron chi connectivity index (χ4n) is 4.91. The highest BCUT2D eigenvalue weighted by atomic mass is 32.2. The van der Waals surface area contributed by atoms with E-state index in [9.17, 15) is 13.6 Å². The van der Waals surface area contributed by atoms with Gasteiger partial charge in [0.15, 0.2) is 11.6 Å². The topological polar surface area (TPSA) is 65.5 Å². The molecule has 1 aliphatic heterocycles. The molecule has 0 spiro atoms. The van der Waals surface area contributed by atoms with Crippen molar-refractivity contribution in [2.45, 2.75) is 19.9 Å². The van der Waals surface area contributed by atoms with Crippen molar-refractivity contribution in [1.29, 1.82) is 0 Å². The van der Waals surface area contributed by atoms with Gasteiger partial charge in [0.05, 0.1) is 10.9 Å².